The molecule has 0 aromatic carbocycles. The molecule has 2 nitrogen and oxygen atoms in total. The van der Waals surface area contributed by atoms with Crippen molar-refractivity contribution in [3.63, 3.8) is 0 Å². The van der Waals surface area contributed by atoms with Gasteiger partial charge in [0.2, 0.25) is 0 Å². The fourth-order valence-electron chi connectivity index (χ4n) is 2.61. The van der Waals surface area contributed by atoms with E-state index in [9.17, 15) is 0 Å². The van der Waals surface area contributed by atoms with Gasteiger partial charge in [-0.15, -0.1) is 0 Å². The average molecular weight is 273 g/mol. The highest BCUT2D eigenvalue weighted by molar-refractivity contribution is 4.85. The van der Waals surface area contributed by atoms with Crippen molar-refractivity contribution in [2.24, 2.45) is 0 Å². The normalized spacial score (nSPS) is 17.4. The van der Waals surface area contributed by atoms with E-state index in [2.05, 4.69) is 44.4 Å². The molecule has 0 unspecified atom stereocenters. The monoisotopic (exact) mass is 272 g/mol. The minimum absolute atomic E-state index is 0.401. The lowest BCUT2D eigenvalue weighted by Gasteiger charge is -2.45. The van der Waals surface area contributed by atoms with E-state index in [0.29, 0.717) is 11.6 Å². The molecule has 0 N–H and O–H groups in total. The molecule has 1 saturated heterocycles. The maximum Gasteiger partial charge on any atom is 0.0154 e. The second-order valence-electron chi connectivity index (χ2n) is 5.68. The topological polar surface area (TPSA) is 6.48 Å². The highest BCUT2D eigenvalue weighted by Crippen LogP contribution is 2.22. The lowest BCUT2D eigenvalue weighted by molar-refractivity contribution is 0.0355. The molecule has 19 heavy (non-hydrogen) atoms. The quantitative estimate of drug-likeness (QED) is 0.735. The Hall–Kier alpha value is -0.0800. The van der Waals surface area contributed by atoms with Crippen LogP contribution < -0.4 is 0 Å². The molecule has 1 fully saturated rings. The van der Waals surface area contributed by atoms with Gasteiger partial charge in [0.1, 0.15) is 0 Å². The van der Waals surface area contributed by atoms with Crippen molar-refractivity contribution in [2.45, 2.75) is 86.7 Å². The van der Waals surface area contributed by atoms with Crippen molar-refractivity contribution in [2.75, 3.05) is 26.2 Å². The Morgan fingerprint density at radius 3 is 1.63 bits per heavy atom. The Morgan fingerprint density at radius 2 is 1.32 bits per heavy atom. The third kappa shape index (κ3) is 7.94. The number of hydrogen-bond acceptors (Lipinski definition) is 2. The van der Waals surface area contributed by atoms with Crippen LogP contribution in [-0.2, 0) is 0 Å². The smallest absolute Gasteiger partial charge is 0.0154 e. The first-order valence-corrected chi connectivity index (χ1v) is 8.46. The average Bonchev–Trinajstić information content (AvgIpc) is 2.43. The SMILES string of the molecule is CC.CC.CCCC(C)(C)N1CCN(C(C)C)CC1. The lowest BCUT2D eigenvalue weighted by Crippen LogP contribution is -2.55. The Bertz CT molecular complexity index is 180. The standard InChI is InChI=1S/C13H28N2.2C2H6/c1-6-7-13(4,5)15-10-8-14(9-11-15)12(2)3;2*1-2/h12H,6-11H2,1-5H3;2*1-2H3. The molecule has 0 aliphatic carbocycles. The van der Waals surface area contributed by atoms with Gasteiger partial charge in [-0.2, -0.15) is 0 Å². The van der Waals surface area contributed by atoms with Gasteiger partial charge in [0.05, 0.1) is 0 Å². The Morgan fingerprint density at radius 1 is 0.895 bits per heavy atom. The third-order valence-corrected chi connectivity index (χ3v) is 3.76. The van der Waals surface area contributed by atoms with E-state index >= 15 is 0 Å². The molecule has 0 aromatic heterocycles. The van der Waals surface area contributed by atoms with Crippen molar-refractivity contribution in [3.8, 4) is 0 Å². The van der Waals surface area contributed by atoms with Crippen LogP contribution >= 0.6 is 0 Å². The van der Waals surface area contributed by atoms with Gasteiger partial charge < -0.3 is 0 Å². The second-order valence-corrected chi connectivity index (χ2v) is 5.68. The number of rotatable bonds is 4. The van der Waals surface area contributed by atoms with Gasteiger partial charge in [0.15, 0.2) is 0 Å². The fourth-order valence-corrected chi connectivity index (χ4v) is 2.61. The first-order chi connectivity index (χ1) is 8.97. The van der Waals surface area contributed by atoms with Gasteiger partial charge >= 0.3 is 0 Å². The van der Waals surface area contributed by atoms with E-state index in [1.165, 1.54) is 39.0 Å². The molecule has 1 aliphatic rings. The molecule has 0 aromatic rings. The summed E-state index contributed by atoms with van der Waals surface area (Å²) in [5.41, 5.74) is 0.401. The van der Waals surface area contributed by atoms with Crippen molar-refractivity contribution >= 4 is 0 Å². The zero-order valence-corrected chi connectivity index (χ0v) is 15.2. The Kier molecular flexibility index (Phi) is 13.1. The van der Waals surface area contributed by atoms with E-state index < -0.39 is 0 Å². The van der Waals surface area contributed by atoms with E-state index in [0.717, 1.165) is 0 Å². The van der Waals surface area contributed by atoms with E-state index in [-0.39, 0.29) is 0 Å². The molecule has 1 heterocycles. The van der Waals surface area contributed by atoms with Crippen LogP contribution in [0.5, 0.6) is 0 Å². The molecular weight excluding hydrogens is 232 g/mol. The maximum atomic E-state index is 2.66. The van der Waals surface area contributed by atoms with Crippen molar-refractivity contribution < 1.29 is 0 Å². The molecule has 1 rings (SSSR count). The molecule has 0 saturated carbocycles. The van der Waals surface area contributed by atoms with Crippen LogP contribution in [0.4, 0.5) is 0 Å². The predicted octanol–water partition coefficient (Wildman–Crippen LogP) is 4.64. The van der Waals surface area contributed by atoms with Gasteiger partial charge in [0, 0.05) is 37.8 Å². The van der Waals surface area contributed by atoms with Crippen LogP contribution in [0.3, 0.4) is 0 Å². The van der Waals surface area contributed by atoms with Crippen LogP contribution in [0.15, 0.2) is 0 Å². The summed E-state index contributed by atoms with van der Waals surface area (Å²) in [4.78, 5) is 5.24. The largest absolute Gasteiger partial charge is 0.298 e. The Labute approximate surface area is 123 Å². The summed E-state index contributed by atoms with van der Waals surface area (Å²) in [6.45, 7) is 24.6. The number of hydrogen-bond donors (Lipinski definition) is 0. The predicted molar refractivity (Wildman–Crippen MR) is 90.0 cm³/mol. The molecule has 0 atom stereocenters. The van der Waals surface area contributed by atoms with E-state index in [1.807, 2.05) is 27.7 Å². The lowest BCUT2D eigenvalue weighted by atomic mass is 9.95. The van der Waals surface area contributed by atoms with Gasteiger partial charge in [-0.25, -0.2) is 0 Å². The van der Waals surface area contributed by atoms with E-state index in [4.69, 9.17) is 0 Å². The molecular formula is C17H40N2. The fraction of sp³-hybridized carbons (Fsp3) is 1.00. The number of nitrogens with zero attached hydrogens (tertiary/aromatic N) is 2. The minimum Gasteiger partial charge on any atom is -0.298 e. The zero-order chi connectivity index (χ0) is 15.5. The summed E-state index contributed by atoms with van der Waals surface area (Å²) in [6.07, 6.45) is 2.60. The first kappa shape index (κ1) is 21.2. The first-order valence-electron chi connectivity index (χ1n) is 8.46. The van der Waals surface area contributed by atoms with Crippen molar-refractivity contribution in [3.05, 3.63) is 0 Å². The minimum atomic E-state index is 0.401. The zero-order valence-electron chi connectivity index (χ0n) is 15.2. The van der Waals surface area contributed by atoms with Gasteiger partial charge in [-0.1, -0.05) is 41.0 Å². The maximum absolute atomic E-state index is 2.66. The number of piperazine rings is 1. The van der Waals surface area contributed by atoms with Crippen LogP contribution in [0, 0.1) is 0 Å². The van der Waals surface area contributed by atoms with Crippen LogP contribution in [-0.4, -0.2) is 47.6 Å². The summed E-state index contributed by atoms with van der Waals surface area (Å²) in [7, 11) is 0. The van der Waals surface area contributed by atoms with Gasteiger partial charge in [-0.3, -0.25) is 9.80 Å². The van der Waals surface area contributed by atoms with Gasteiger partial charge in [-0.05, 0) is 34.1 Å². The van der Waals surface area contributed by atoms with Crippen molar-refractivity contribution in [1.82, 2.24) is 9.80 Å². The summed E-state index contributed by atoms with van der Waals surface area (Å²) in [6, 6.07) is 0.710. The molecule has 118 valence electrons. The molecule has 2 heteroatoms. The highest BCUT2D eigenvalue weighted by atomic mass is 15.3. The molecule has 0 bridgehead atoms. The van der Waals surface area contributed by atoms with Crippen LogP contribution in [0.1, 0.15) is 75.2 Å². The molecule has 1 aliphatic heterocycles. The van der Waals surface area contributed by atoms with E-state index in [1.54, 1.807) is 0 Å². The highest BCUT2D eigenvalue weighted by Gasteiger charge is 2.29. The Balaban J connectivity index is 0. The van der Waals surface area contributed by atoms with Crippen LogP contribution in [0.2, 0.25) is 0 Å². The summed E-state index contributed by atoms with van der Waals surface area (Å²) < 4.78 is 0. The summed E-state index contributed by atoms with van der Waals surface area (Å²) in [5.74, 6) is 0. The second kappa shape index (κ2) is 11.7. The summed E-state index contributed by atoms with van der Waals surface area (Å²) in [5, 5.41) is 0. The van der Waals surface area contributed by atoms with Crippen LogP contribution in [0.25, 0.3) is 0 Å². The molecule has 0 spiro atoms. The van der Waals surface area contributed by atoms with Gasteiger partial charge in [0.25, 0.3) is 0 Å². The summed E-state index contributed by atoms with van der Waals surface area (Å²) >= 11 is 0. The van der Waals surface area contributed by atoms with Crippen molar-refractivity contribution in [1.29, 1.82) is 0 Å². The molecule has 0 radical (unpaired) electrons. The third-order valence-electron chi connectivity index (χ3n) is 3.76. The molecule has 0 amide bonds.